The lowest BCUT2D eigenvalue weighted by Gasteiger charge is -2.19. The van der Waals surface area contributed by atoms with Crippen molar-refractivity contribution in [1.29, 1.82) is 0 Å². The van der Waals surface area contributed by atoms with Crippen molar-refractivity contribution < 1.29 is 0 Å². The zero-order valence-electron chi connectivity index (χ0n) is 11.6. The highest BCUT2D eigenvalue weighted by Gasteiger charge is 2.30. The summed E-state index contributed by atoms with van der Waals surface area (Å²) >= 11 is 0. The number of rotatable bonds is 3. The quantitative estimate of drug-likeness (QED) is 0.902. The van der Waals surface area contributed by atoms with Gasteiger partial charge in [0.2, 0.25) is 0 Å². The minimum Gasteiger partial charge on any atom is -0.382 e. The molecule has 1 fully saturated rings. The summed E-state index contributed by atoms with van der Waals surface area (Å²) in [6.45, 7) is 4.72. The number of nitrogens with zero attached hydrogens (tertiary/aromatic N) is 2. The fraction of sp³-hybridized carbons (Fsp3) is 0.438. The first-order valence-corrected chi connectivity index (χ1v) is 6.97. The van der Waals surface area contributed by atoms with Crippen LogP contribution >= 0.6 is 0 Å². The van der Waals surface area contributed by atoms with E-state index in [2.05, 4.69) is 48.4 Å². The molecule has 3 rings (SSSR count). The Balaban J connectivity index is 1.74. The van der Waals surface area contributed by atoms with Crippen molar-refractivity contribution >= 4 is 5.69 Å². The largest absolute Gasteiger partial charge is 0.382 e. The van der Waals surface area contributed by atoms with E-state index in [1.807, 2.05) is 17.1 Å². The van der Waals surface area contributed by atoms with Crippen LogP contribution in [0.5, 0.6) is 0 Å². The molecule has 0 amide bonds. The summed E-state index contributed by atoms with van der Waals surface area (Å²) in [5, 5.41) is 3.67. The van der Waals surface area contributed by atoms with Crippen LogP contribution in [0.3, 0.4) is 0 Å². The predicted octanol–water partition coefficient (Wildman–Crippen LogP) is 3.86. The van der Waals surface area contributed by atoms with E-state index in [0.29, 0.717) is 11.5 Å². The van der Waals surface area contributed by atoms with E-state index in [0.717, 1.165) is 5.69 Å². The van der Waals surface area contributed by atoms with Crippen LogP contribution in [0.15, 0.2) is 43.0 Å². The van der Waals surface area contributed by atoms with Crippen molar-refractivity contribution in [3.8, 4) is 5.69 Å². The molecule has 1 heterocycles. The first-order chi connectivity index (χ1) is 9.12. The van der Waals surface area contributed by atoms with Crippen LogP contribution in [0.4, 0.5) is 5.69 Å². The lowest BCUT2D eigenvalue weighted by atomic mass is 9.92. The van der Waals surface area contributed by atoms with E-state index < -0.39 is 0 Å². The SMILES string of the molecule is CC1(C)CCC(Nc2cccc(-n3ccnc3)c2)C1. The molecule has 1 aromatic carbocycles. The van der Waals surface area contributed by atoms with Gasteiger partial charge in [-0.15, -0.1) is 0 Å². The third-order valence-electron chi connectivity index (χ3n) is 3.99. The maximum atomic E-state index is 4.09. The average molecular weight is 255 g/mol. The monoisotopic (exact) mass is 255 g/mol. The molecule has 19 heavy (non-hydrogen) atoms. The molecule has 1 N–H and O–H groups in total. The van der Waals surface area contributed by atoms with Gasteiger partial charge in [-0.25, -0.2) is 4.98 Å². The van der Waals surface area contributed by atoms with Crippen LogP contribution < -0.4 is 5.32 Å². The number of imidazole rings is 1. The molecule has 1 atom stereocenters. The molecule has 100 valence electrons. The van der Waals surface area contributed by atoms with Gasteiger partial charge in [0, 0.05) is 29.8 Å². The fourth-order valence-electron chi connectivity index (χ4n) is 2.96. The second-order valence-electron chi connectivity index (χ2n) is 6.27. The molecule has 1 aliphatic rings. The van der Waals surface area contributed by atoms with Gasteiger partial charge >= 0.3 is 0 Å². The standard InChI is InChI=1S/C16H21N3/c1-16(2)7-6-14(11-16)18-13-4-3-5-15(10-13)19-9-8-17-12-19/h3-5,8-10,12,14,18H,6-7,11H2,1-2H3. The van der Waals surface area contributed by atoms with Gasteiger partial charge in [0.1, 0.15) is 0 Å². The Hall–Kier alpha value is -1.77. The molecule has 0 saturated heterocycles. The third-order valence-corrected chi connectivity index (χ3v) is 3.99. The van der Waals surface area contributed by atoms with Crippen molar-refractivity contribution in [3.05, 3.63) is 43.0 Å². The van der Waals surface area contributed by atoms with Gasteiger partial charge < -0.3 is 9.88 Å². The van der Waals surface area contributed by atoms with E-state index in [1.54, 1.807) is 6.20 Å². The van der Waals surface area contributed by atoms with Gasteiger partial charge in [0.05, 0.1) is 6.33 Å². The molecule has 1 aliphatic carbocycles. The van der Waals surface area contributed by atoms with E-state index in [-0.39, 0.29) is 0 Å². The number of anilines is 1. The summed E-state index contributed by atoms with van der Waals surface area (Å²) in [7, 11) is 0. The van der Waals surface area contributed by atoms with Crippen molar-refractivity contribution in [2.45, 2.75) is 39.2 Å². The summed E-state index contributed by atoms with van der Waals surface area (Å²) in [6.07, 6.45) is 9.44. The van der Waals surface area contributed by atoms with E-state index >= 15 is 0 Å². The Morgan fingerprint density at radius 1 is 1.37 bits per heavy atom. The second-order valence-corrected chi connectivity index (χ2v) is 6.27. The minimum atomic E-state index is 0.486. The zero-order chi connectivity index (χ0) is 13.3. The van der Waals surface area contributed by atoms with Crippen LogP contribution in [0.25, 0.3) is 5.69 Å². The molecule has 0 aliphatic heterocycles. The Kier molecular flexibility index (Phi) is 3.05. The van der Waals surface area contributed by atoms with Gasteiger partial charge in [-0.05, 0) is 42.9 Å². The molecular formula is C16H21N3. The number of benzene rings is 1. The summed E-state index contributed by atoms with van der Waals surface area (Å²) < 4.78 is 2.03. The summed E-state index contributed by atoms with van der Waals surface area (Å²) in [4.78, 5) is 4.09. The molecule has 1 aromatic heterocycles. The molecule has 1 unspecified atom stereocenters. The topological polar surface area (TPSA) is 29.9 Å². The summed E-state index contributed by atoms with van der Waals surface area (Å²) in [5.41, 5.74) is 2.84. The lowest BCUT2D eigenvalue weighted by Crippen LogP contribution is -2.17. The van der Waals surface area contributed by atoms with Crippen molar-refractivity contribution in [2.24, 2.45) is 5.41 Å². The van der Waals surface area contributed by atoms with Crippen molar-refractivity contribution in [3.63, 3.8) is 0 Å². The lowest BCUT2D eigenvalue weighted by molar-refractivity contribution is 0.378. The van der Waals surface area contributed by atoms with Crippen LogP contribution in [0, 0.1) is 5.41 Å². The molecule has 0 bridgehead atoms. The normalized spacial score (nSPS) is 21.5. The molecule has 2 aromatic rings. The third kappa shape index (κ3) is 2.80. The smallest absolute Gasteiger partial charge is 0.0991 e. The van der Waals surface area contributed by atoms with E-state index in [9.17, 15) is 0 Å². The van der Waals surface area contributed by atoms with Gasteiger partial charge in [0.25, 0.3) is 0 Å². The molecule has 3 nitrogen and oxygen atoms in total. The average Bonchev–Trinajstić information content (AvgIpc) is 2.99. The number of nitrogens with one attached hydrogen (secondary N) is 1. The Morgan fingerprint density at radius 3 is 2.95 bits per heavy atom. The van der Waals surface area contributed by atoms with Crippen molar-refractivity contribution in [1.82, 2.24) is 9.55 Å². The summed E-state index contributed by atoms with van der Waals surface area (Å²) in [6, 6.07) is 9.13. The first kappa shape index (κ1) is 12.3. The number of aromatic nitrogens is 2. The van der Waals surface area contributed by atoms with Gasteiger partial charge in [-0.1, -0.05) is 19.9 Å². The maximum Gasteiger partial charge on any atom is 0.0991 e. The Morgan fingerprint density at radius 2 is 2.26 bits per heavy atom. The van der Waals surface area contributed by atoms with Crippen LogP contribution in [0.2, 0.25) is 0 Å². The van der Waals surface area contributed by atoms with Crippen LogP contribution in [0.1, 0.15) is 33.1 Å². The zero-order valence-corrected chi connectivity index (χ0v) is 11.6. The summed E-state index contributed by atoms with van der Waals surface area (Å²) in [5.74, 6) is 0. The molecule has 0 spiro atoms. The number of hydrogen-bond donors (Lipinski definition) is 1. The molecule has 3 heteroatoms. The first-order valence-electron chi connectivity index (χ1n) is 6.97. The molecule has 0 radical (unpaired) electrons. The van der Waals surface area contributed by atoms with Crippen LogP contribution in [-0.4, -0.2) is 15.6 Å². The fourth-order valence-corrected chi connectivity index (χ4v) is 2.96. The van der Waals surface area contributed by atoms with Gasteiger partial charge in [-0.2, -0.15) is 0 Å². The maximum absolute atomic E-state index is 4.09. The second kappa shape index (κ2) is 4.72. The van der Waals surface area contributed by atoms with Crippen molar-refractivity contribution in [2.75, 3.05) is 5.32 Å². The van der Waals surface area contributed by atoms with Gasteiger partial charge in [0.15, 0.2) is 0 Å². The highest BCUT2D eigenvalue weighted by molar-refractivity contribution is 5.51. The Labute approximate surface area is 114 Å². The van der Waals surface area contributed by atoms with E-state index in [1.165, 1.54) is 24.9 Å². The number of hydrogen-bond acceptors (Lipinski definition) is 2. The highest BCUT2D eigenvalue weighted by atomic mass is 15.0. The van der Waals surface area contributed by atoms with Crippen LogP contribution in [-0.2, 0) is 0 Å². The minimum absolute atomic E-state index is 0.486. The molecular weight excluding hydrogens is 234 g/mol. The Bertz CT molecular complexity index is 543. The predicted molar refractivity (Wildman–Crippen MR) is 78.6 cm³/mol. The highest BCUT2D eigenvalue weighted by Crippen LogP contribution is 2.38. The molecule has 1 saturated carbocycles. The van der Waals surface area contributed by atoms with E-state index in [4.69, 9.17) is 0 Å². The van der Waals surface area contributed by atoms with Gasteiger partial charge in [-0.3, -0.25) is 0 Å².